The predicted octanol–water partition coefficient (Wildman–Crippen LogP) is 4.90. The molecule has 0 spiro atoms. The van der Waals surface area contributed by atoms with Gasteiger partial charge in [-0.25, -0.2) is 4.79 Å². The first-order valence-electron chi connectivity index (χ1n) is 13.1. The zero-order valence-corrected chi connectivity index (χ0v) is 23.2. The number of nitrogens with zero attached hydrogens (tertiary/aromatic N) is 1. The molecule has 3 amide bonds. The first-order chi connectivity index (χ1) is 19.1. The standard InChI is InChI=1S/C32H37N3O5/c1-5-20-35(30(38)27(21-23-12-8-6-9-13-23)34-31(39)40-32(2,3)4)28(25-16-18-26(36)19-17-25)29(37)33-22-24-14-10-7-11-15-24/h5-19,27-28,36H,1,20-22H2,2-4H3,(H,33,37)(H,34,39). The van der Waals surface area contributed by atoms with Crippen molar-refractivity contribution in [1.29, 1.82) is 0 Å². The Hall–Kier alpha value is -4.59. The number of amides is 3. The highest BCUT2D eigenvalue weighted by atomic mass is 16.6. The van der Waals surface area contributed by atoms with Gasteiger partial charge in [-0.1, -0.05) is 78.9 Å². The molecule has 0 heterocycles. The summed E-state index contributed by atoms with van der Waals surface area (Å²) in [7, 11) is 0. The Bertz CT molecular complexity index is 1270. The first kappa shape index (κ1) is 30.0. The highest BCUT2D eigenvalue weighted by Crippen LogP contribution is 2.25. The number of hydrogen-bond donors (Lipinski definition) is 3. The van der Waals surface area contributed by atoms with E-state index in [0.29, 0.717) is 5.56 Å². The second-order valence-electron chi connectivity index (χ2n) is 10.4. The molecule has 40 heavy (non-hydrogen) atoms. The molecule has 0 aliphatic carbocycles. The summed E-state index contributed by atoms with van der Waals surface area (Å²) in [5.41, 5.74) is 1.45. The average molecular weight is 544 g/mol. The largest absolute Gasteiger partial charge is 0.508 e. The molecule has 0 aliphatic heterocycles. The van der Waals surface area contributed by atoms with Gasteiger partial charge in [0.05, 0.1) is 0 Å². The van der Waals surface area contributed by atoms with Crippen molar-refractivity contribution in [1.82, 2.24) is 15.5 Å². The normalized spacial score (nSPS) is 12.5. The van der Waals surface area contributed by atoms with E-state index in [0.717, 1.165) is 11.1 Å². The minimum absolute atomic E-state index is 0.0299. The van der Waals surface area contributed by atoms with Crippen molar-refractivity contribution in [3.63, 3.8) is 0 Å². The van der Waals surface area contributed by atoms with Crippen molar-refractivity contribution in [3.05, 3.63) is 114 Å². The van der Waals surface area contributed by atoms with Crippen molar-refractivity contribution < 1.29 is 24.2 Å². The molecule has 210 valence electrons. The topological polar surface area (TPSA) is 108 Å². The maximum absolute atomic E-state index is 14.2. The van der Waals surface area contributed by atoms with Crippen LogP contribution < -0.4 is 10.6 Å². The van der Waals surface area contributed by atoms with Gasteiger partial charge >= 0.3 is 6.09 Å². The van der Waals surface area contributed by atoms with Crippen LogP contribution in [0.1, 0.15) is 43.5 Å². The molecular formula is C32H37N3O5. The van der Waals surface area contributed by atoms with Crippen LogP contribution in [0.5, 0.6) is 5.75 Å². The molecule has 0 saturated carbocycles. The van der Waals surface area contributed by atoms with Crippen LogP contribution in [-0.4, -0.2) is 46.1 Å². The molecule has 2 atom stereocenters. The second kappa shape index (κ2) is 14.0. The third-order valence-electron chi connectivity index (χ3n) is 5.96. The fourth-order valence-electron chi connectivity index (χ4n) is 4.17. The van der Waals surface area contributed by atoms with Crippen molar-refractivity contribution in [2.75, 3.05) is 6.54 Å². The molecular weight excluding hydrogens is 506 g/mol. The minimum atomic E-state index is -1.06. The lowest BCUT2D eigenvalue weighted by Crippen LogP contribution is -2.53. The average Bonchev–Trinajstić information content (AvgIpc) is 2.92. The SMILES string of the molecule is C=CCN(C(=O)C(Cc1ccccc1)NC(=O)OC(C)(C)C)C(C(=O)NCc1ccccc1)c1ccc(O)cc1. The van der Waals surface area contributed by atoms with Crippen LogP contribution in [0.3, 0.4) is 0 Å². The summed E-state index contributed by atoms with van der Waals surface area (Å²) in [6, 6.07) is 22.7. The molecule has 3 rings (SSSR count). The van der Waals surface area contributed by atoms with Crippen LogP contribution in [0.15, 0.2) is 97.6 Å². The maximum Gasteiger partial charge on any atom is 0.408 e. The van der Waals surface area contributed by atoms with Crippen molar-refractivity contribution in [2.24, 2.45) is 0 Å². The van der Waals surface area contributed by atoms with E-state index in [-0.39, 0.29) is 25.3 Å². The minimum Gasteiger partial charge on any atom is -0.508 e. The van der Waals surface area contributed by atoms with Gasteiger partial charge in [0.1, 0.15) is 23.4 Å². The molecule has 0 aliphatic rings. The molecule has 0 saturated heterocycles. The van der Waals surface area contributed by atoms with Gasteiger partial charge in [0, 0.05) is 19.5 Å². The summed E-state index contributed by atoms with van der Waals surface area (Å²) in [5.74, 6) is -0.870. The van der Waals surface area contributed by atoms with Crippen LogP contribution in [0, 0.1) is 0 Å². The van der Waals surface area contributed by atoms with E-state index in [2.05, 4.69) is 17.2 Å². The lowest BCUT2D eigenvalue weighted by Gasteiger charge is -2.34. The molecule has 3 N–H and O–H groups in total. The predicted molar refractivity (Wildman–Crippen MR) is 154 cm³/mol. The molecule has 0 aromatic heterocycles. The van der Waals surface area contributed by atoms with Crippen molar-refractivity contribution in [3.8, 4) is 5.75 Å². The Kier molecular flexibility index (Phi) is 10.5. The molecule has 2 unspecified atom stereocenters. The summed E-state index contributed by atoms with van der Waals surface area (Å²) in [6.07, 6.45) is 0.971. The summed E-state index contributed by atoms with van der Waals surface area (Å²) in [6.45, 7) is 9.31. The number of nitrogens with one attached hydrogen (secondary N) is 2. The van der Waals surface area contributed by atoms with Gasteiger partial charge in [0.2, 0.25) is 11.8 Å². The number of phenols is 1. The van der Waals surface area contributed by atoms with Gasteiger partial charge in [0.25, 0.3) is 0 Å². The summed E-state index contributed by atoms with van der Waals surface area (Å²) in [4.78, 5) is 42.0. The van der Waals surface area contributed by atoms with Crippen LogP contribution in [0.4, 0.5) is 4.79 Å². The van der Waals surface area contributed by atoms with Crippen molar-refractivity contribution >= 4 is 17.9 Å². The van der Waals surface area contributed by atoms with E-state index in [4.69, 9.17) is 4.74 Å². The van der Waals surface area contributed by atoms with Crippen molar-refractivity contribution in [2.45, 2.75) is 51.4 Å². The number of hydrogen-bond acceptors (Lipinski definition) is 5. The Morgan fingerprint density at radius 2 is 1.50 bits per heavy atom. The smallest absolute Gasteiger partial charge is 0.408 e. The Morgan fingerprint density at radius 1 is 0.925 bits per heavy atom. The zero-order chi connectivity index (χ0) is 29.1. The molecule has 8 nitrogen and oxygen atoms in total. The first-order valence-corrected chi connectivity index (χ1v) is 13.1. The summed E-state index contributed by atoms with van der Waals surface area (Å²) < 4.78 is 5.44. The number of alkyl carbamates (subject to hydrolysis) is 1. The Morgan fingerprint density at radius 3 is 2.05 bits per heavy atom. The Labute approximate surface area is 235 Å². The van der Waals surface area contributed by atoms with Gasteiger partial charge < -0.3 is 25.4 Å². The quantitative estimate of drug-likeness (QED) is 0.298. The number of rotatable bonds is 11. The molecule has 8 heteroatoms. The van der Waals surface area contributed by atoms with Gasteiger partial charge in [-0.05, 0) is 49.6 Å². The Balaban J connectivity index is 1.97. The highest BCUT2D eigenvalue weighted by Gasteiger charge is 2.36. The van der Waals surface area contributed by atoms with E-state index in [1.165, 1.54) is 23.1 Å². The third-order valence-corrected chi connectivity index (χ3v) is 5.96. The number of ether oxygens (including phenoxy) is 1. The summed E-state index contributed by atoms with van der Waals surface area (Å²) >= 11 is 0. The molecule has 3 aromatic carbocycles. The molecule has 0 fully saturated rings. The lowest BCUT2D eigenvalue weighted by atomic mass is 10.00. The highest BCUT2D eigenvalue weighted by molar-refractivity contribution is 5.92. The fraction of sp³-hybridized carbons (Fsp3) is 0.281. The van der Waals surface area contributed by atoms with Crippen LogP contribution >= 0.6 is 0 Å². The second-order valence-corrected chi connectivity index (χ2v) is 10.4. The molecule has 0 bridgehead atoms. The summed E-state index contributed by atoms with van der Waals surface area (Å²) in [5, 5.41) is 15.5. The molecule has 3 aromatic rings. The van der Waals surface area contributed by atoms with Crippen LogP contribution in [-0.2, 0) is 27.3 Å². The maximum atomic E-state index is 14.2. The van der Waals surface area contributed by atoms with E-state index < -0.39 is 35.6 Å². The van der Waals surface area contributed by atoms with Gasteiger partial charge in [-0.15, -0.1) is 6.58 Å². The third kappa shape index (κ3) is 9.01. The zero-order valence-electron chi connectivity index (χ0n) is 23.2. The number of aromatic hydroxyl groups is 1. The van der Waals surface area contributed by atoms with Gasteiger partial charge in [-0.3, -0.25) is 9.59 Å². The van der Waals surface area contributed by atoms with E-state index in [1.807, 2.05) is 60.7 Å². The number of carbonyl (C=O) groups excluding carboxylic acids is 3. The van der Waals surface area contributed by atoms with E-state index in [9.17, 15) is 19.5 Å². The number of benzene rings is 3. The fourth-order valence-corrected chi connectivity index (χ4v) is 4.17. The van der Waals surface area contributed by atoms with Gasteiger partial charge in [0.15, 0.2) is 0 Å². The number of phenolic OH excluding ortho intramolecular Hbond substituents is 1. The molecule has 0 radical (unpaired) electrons. The van der Waals surface area contributed by atoms with E-state index in [1.54, 1.807) is 32.9 Å². The van der Waals surface area contributed by atoms with Crippen LogP contribution in [0.25, 0.3) is 0 Å². The number of carbonyl (C=O) groups is 3. The van der Waals surface area contributed by atoms with Gasteiger partial charge in [-0.2, -0.15) is 0 Å². The van der Waals surface area contributed by atoms with E-state index >= 15 is 0 Å². The lowest BCUT2D eigenvalue weighted by molar-refractivity contribution is -0.141. The van der Waals surface area contributed by atoms with Crippen LogP contribution in [0.2, 0.25) is 0 Å². The monoisotopic (exact) mass is 543 g/mol.